The number of aryl methyl sites for hydroxylation is 3. The van der Waals surface area contributed by atoms with Crippen LogP contribution in [0.3, 0.4) is 0 Å². The zero-order chi connectivity index (χ0) is 63.3. The van der Waals surface area contributed by atoms with Gasteiger partial charge in [0, 0.05) is 81.6 Å². The summed E-state index contributed by atoms with van der Waals surface area (Å²) in [6, 6.07) is 46.3. The van der Waals surface area contributed by atoms with Crippen LogP contribution in [0.5, 0.6) is 0 Å². The van der Waals surface area contributed by atoms with E-state index in [0.29, 0.717) is 0 Å². The molecule has 4 aliphatic rings. The number of hydrogen-bond donors (Lipinski definition) is 0. The Hall–Kier alpha value is -4.12. The average molecular weight is 1620 g/mol. The molecule has 14 aromatic rings. The Bertz CT molecular complexity index is 5250. The predicted octanol–water partition coefficient (Wildman–Crippen LogP) is 26.8. The second-order valence-electron chi connectivity index (χ2n) is 27.6. The van der Waals surface area contributed by atoms with Crippen molar-refractivity contribution >= 4 is 189 Å². The Labute approximate surface area is 601 Å². The van der Waals surface area contributed by atoms with Crippen molar-refractivity contribution in [3.63, 3.8) is 0 Å². The molecule has 0 atom stereocenters. The summed E-state index contributed by atoms with van der Waals surface area (Å²) in [5.41, 5.74) is 26.6. The van der Waals surface area contributed by atoms with E-state index in [1.807, 2.05) is 90.7 Å². The van der Waals surface area contributed by atoms with Crippen molar-refractivity contribution in [1.29, 1.82) is 0 Å². The molecule has 0 aliphatic heterocycles. The fourth-order valence-electron chi connectivity index (χ4n) is 14.2. The van der Waals surface area contributed by atoms with E-state index in [4.69, 9.17) is 8.75 Å². The summed E-state index contributed by atoms with van der Waals surface area (Å²) in [5, 5.41) is 0. The summed E-state index contributed by atoms with van der Waals surface area (Å²) in [6.07, 6.45) is 0. The van der Waals surface area contributed by atoms with Crippen LogP contribution in [0, 0.1) is 20.8 Å². The number of nitrogens with zero attached hydrogens (tertiary/aromatic N) is 4. The summed E-state index contributed by atoms with van der Waals surface area (Å²) in [5.74, 6) is 0. The van der Waals surface area contributed by atoms with Crippen LogP contribution in [0.4, 0.5) is 0 Å². The maximum atomic E-state index is 4.76. The monoisotopic (exact) mass is 1620 g/mol. The van der Waals surface area contributed by atoms with E-state index in [9.17, 15) is 0 Å². The van der Waals surface area contributed by atoms with Gasteiger partial charge >= 0.3 is 159 Å². The minimum Gasteiger partial charge on any atom is -0.172 e. The van der Waals surface area contributed by atoms with Gasteiger partial charge in [0.15, 0.2) is 0 Å². The molecule has 464 valence electrons. The first-order valence-electron chi connectivity index (χ1n) is 30.4. The van der Waals surface area contributed by atoms with Gasteiger partial charge in [0.2, 0.25) is 0 Å². The minimum atomic E-state index is -2.01. The Balaban J connectivity index is 0.000000123. The number of fused-ring (bicyclic) bond motifs is 14. The van der Waals surface area contributed by atoms with Crippen LogP contribution >= 0.6 is 146 Å². The molecule has 0 spiro atoms. The summed E-state index contributed by atoms with van der Waals surface area (Å²) >= 11 is 23.1. The number of aromatic nitrogens is 4. The first-order chi connectivity index (χ1) is 43.2. The first-order valence-corrected chi connectivity index (χ1v) is 49.9. The number of hydrogen-bond acceptors (Lipinski definition) is 14. The van der Waals surface area contributed by atoms with Crippen LogP contribution < -0.4 is 2.89 Å². The molecule has 0 saturated heterocycles. The minimum absolute atomic E-state index is 0. The van der Waals surface area contributed by atoms with Crippen LogP contribution in [0.15, 0.2) is 129 Å². The molecule has 17 heteroatoms. The topological polar surface area (TPSA) is 51.6 Å². The van der Waals surface area contributed by atoms with Gasteiger partial charge in [-0.15, -0.1) is 68.0 Å². The molecule has 0 saturated carbocycles. The number of halogens is 2. The van der Waals surface area contributed by atoms with Crippen molar-refractivity contribution in [2.75, 3.05) is 0 Å². The molecular weight excluding hydrogens is 1560 g/mol. The van der Waals surface area contributed by atoms with Gasteiger partial charge < -0.3 is 0 Å². The number of thiophene rings is 8. The zero-order valence-electron chi connectivity index (χ0n) is 52.7. The molecular formula is C75H66Br2N4S10Sn. The molecule has 4 aromatic carbocycles. The first kappa shape index (κ1) is 63.9. The van der Waals surface area contributed by atoms with Crippen LogP contribution in [0.2, 0.25) is 14.8 Å². The van der Waals surface area contributed by atoms with Gasteiger partial charge in [-0.25, -0.2) is 0 Å². The smallest absolute Gasteiger partial charge is 0.114 e. The Morgan fingerprint density at radius 2 is 0.641 bits per heavy atom. The maximum absolute atomic E-state index is 4.76. The van der Waals surface area contributed by atoms with Crippen LogP contribution in [-0.4, -0.2) is 35.9 Å². The van der Waals surface area contributed by atoms with Crippen LogP contribution in [0.1, 0.15) is 122 Å². The fourth-order valence-corrected chi connectivity index (χ4v) is 30.7. The summed E-state index contributed by atoms with van der Waals surface area (Å²) in [4.78, 5) is 25.0. The molecule has 10 heterocycles. The van der Waals surface area contributed by atoms with Crippen molar-refractivity contribution in [3.05, 3.63) is 188 Å². The van der Waals surface area contributed by atoms with E-state index in [0.717, 1.165) is 22.1 Å². The number of rotatable bonds is 6. The Morgan fingerprint density at radius 3 is 1.03 bits per heavy atom. The second-order valence-corrected chi connectivity index (χ2v) is 56.0. The van der Waals surface area contributed by atoms with Gasteiger partial charge in [0.25, 0.3) is 0 Å². The quantitative estimate of drug-likeness (QED) is 0.156. The zero-order valence-corrected chi connectivity index (χ0v) is 66.9. The number of benzene rings is 4. The molecule has 10 aromatic heterocycles. The van der Waals surface area contributed by atoms with Crippen molar-refractivity contribution in [3.8, 4) is 93.3 Å². The van der Waals surface area contributed by atoms with Crippen molar-refractivity contribution < 1.29 is 0 Å². The van der Waals surface area contributed by atoms with Crippen LogP contribution in [-0.2, 0) is 21.7 Å². The molecule has 18 rings (SSSR count). The van der Waals surface area contributed by atoms with E-state index in [-0.39, 0.29) is 29.1 Å². The standard InChI is InChI=1S/C36H28N2S5.C20H16Br2S2.C15H9N2S3.CH4.3CH3.Sn/c1-17-7-10-27(39-17)19-8-9-20(32-31(19)37-43-38-32)28-11-12-29(41-28)30-16-26-34(42-30)22-15-23-21(14-24(22)36(26,5)6)33-25(35(23,3)4)13-18(2)40-33;1-19(2)11-5-10-12(6-9(11)17-13(19)7-15(21)23-17)20(3,4)14-8-16(22)24-18(10)14;1-9-4-7-13(19-9)11-6-5-10(12-3-2-8-18-12)14-15(11)17-20-16-14;;;;;/h7-16H,1-6H3;5-8H,1-4H3;2-7H,1H3;1H4;3*1H3;. The largest absolute Gasteiger partial charge is 0.172 e. The summed E-state index contributed by atoms with van der Waals surface area (Å²) in [6.45, 7) is 25.6. The molecule has 4 nitrogen and oxygen atoms in total. The molecule has 0 bridgehead atoms. The van der Waals surface area contributed by atoms with Gasteiger partial charge in [-0.05, 0) is 185 Å². The van der Waals surface area contributed by atoms with Crippen LogP contribution in [0.25, 0.3) is 115 Å². The molecule has 92 heavy (non-hydrogen) atoms. The SMILES string of the molecule is C.CC1(C)c2cc3c(cc2-c2sc(Br)cc21)C(C)(C)c1cc(Br)sc1-3.Cc1ccc(-c2ccc(-c3cc[c]([Sn]([CH3])([CH3])[CH3])s3)c3nsnc23)s1.Cc1ccc(-c2ccc(-c3ccc(-c4cc5c(s4)-c4cc6c(cc4C5(C)C)-c4sc(C)cc4C6(C)C)s3)c3nsnc23)s1. The molecule has 0 amide bonds. The second kappa shape index (κ2) is 22.7. The summed E-state index contributed by atoms with van der Waals surface area (Å²) < 4.78 is 22.8. The van der Waals surface area contributed by atoms with Crippen molar-refractivity contribution in [2.24, 2.45) is 0 Å². The van der Waals surface area contributed by atoms with Gasteiger partial charge in [-0.2, -0.15) is 8.75 Å². The summed E-state index contributed by atoms with van der Waals surface area (Å²) in [7, 11) is 0. The normalized spacial score (nSPS) is 15.2. The molecule has 0 radical (unpaired) electrons. The third-order valence-corrected chi connectivity index (χ3v) is 39.9. The Kier molecular flexibility index (Phi) is 15.8. The Morgan fingerprint density at radius 1 is 0.304 bits per heavy atom. The van der Waals surface area contributed by atoms with Gasteiger partial charge in [-0.1, -0.05) is 74.9 Å². The average Bonchev–Trinajstić information content (AvgIpc) is 1.54. The van der Waals surface area contributed by atoms with Gasteiger partial charge in [-0.3, -0.25) is 0 Å². The molecule has 0 fully saturated rings. The van der Waals surface area contributed by atoms with E-state index in [1.165, 1.54) is 183 Å². The van der Waals surface area contributed by atoms with E-state index >= 15 is 0 Å². The molecule has 0 unspecified atom stereocenters. The van der Waals surface area contributed by atoms with Crippen molar-refractivity contribution in [1.82, 2.24) is 17.5 Å². The van der Waals surface area contributed by atoms with Gasteiger partial charge in [0.1, 0.15) is 11.0 Å². The van der Waals surface area contributed by atoms with E-state index in [1.54, 1.807) is 2.89 Å². The van der Waals surface area contributed by atoms with E-state index in [2.05, 4.69) is 253 Å². The third kappa shape index (κ3) is 10.1. The third-order valence-electron chi connectivity index (χ3n) is 19.2. The maximum Gasteiger partial charge on any atom is 0.114 e. The molecule has 0 N–H and O–H groups in total. The van der Waals surface area contributed by atoms with Gasteiger partial charge in [0.05, 0.1) is 19.3 Å². The van der Waals surface area contributed by atoms with Crippen molar-refractivity contribution in [2.45, 2.75) is 120 Å². The van der Waals surface area contributed by atoms with E-state index < -0.39 is 18.4 Å². The molecule has 4 aliphatic carbocycles. The fraction of sp³-hybridized carbons (Fsp3) is 0.253. The predicted molar refractivity (Wildman–Crippen MR) is 421 cm³/mol.